The van der Waals surface area contributed by atoms with Crippen molar-refractivity contribution >= 4 is 0 Å². The van der Waals surface area contributed by atoms with Gasteiger partial charge in [0.1, 0.15) is 0 Å². The molecular weight excluding hydrogens is 408 g/mol. The second-order valence-electron chi connectivity index (χ2n) is 14.0. The van der Waals surface area contributed by atoms with E-state index in [1.807, 2.05) is 0 Å². The topological polar surface area (TPSA) is 60.7 Å². The van der Waals surface area contributed by atoms with Crippen LogP contribution in [-0.2, 0) is 0 Å². The molecule has 0 saturated heterocycles. The van der Waals surface area contributed by atoms with Gasteiger partial charge in [-0.05, 0) is 111 Å². The van der Waals surface area contributed by atoms with Gasteiger partial charge in [-0.2, -0.15) is 0 Å². The second-order valence-corrected chi connectivity index (χ2v) is 14.0. The highest BCUT2D eigenvalue weighted by molar-refractivity contribution is 5.24. The van der Waals surface area contributed by atoms with Gasteiger partial charge in [0.2, 0.25) is 0 Å². The first-order valence-electron chi connectivity index (χ1n) is 13.5. The molecule has 0 aromatic carbocycles. The average Bonchev–Trinajstić information content (AvgIpc) is 3.07. The minimum absolute atomic E-state index is 0.00508. The maximum atomic E-state index is 11.7. The molecule has 0 amide bonds. The van der Waals surface area contributed by atoms with Crippen LogP contribution in [0.25, 0.3) is 0 Å². The predicted octanol–water partition coefficient (Wildman–Crippen LogP) is 6.28. The van der Waals surface area contributed by atoms with Crippen molar-refractivity contribution in [1.29, 1.82) is 0 Å². The highest BCUT2D eigenvalue weighted by Gasteiger charge is 2.72. The number of allylic oxidation sites excluding steroid dienone is 4. The van der Waals surface area contributed by atoms with Crippen LogP contribution >= 0.6 is 0 Å². The molecule has 4 rings (SSSR count). The number of aliphatic hydroxyl groups excluding tert-OH is 3. The van der Waals surface area contributed by atoms with Crippen molar-refractivity contribution in [3.63, 3.8) is 0 Å². The third-order valence-corrected chi connectivity index (χ3v) is 11.8. The smallest absolute Gasteiger partial charge is 0.0595 e. The molecule has 4 aliphatic carbocycles. The molecule has 0 spiro atoms. The summed E-state index contributed by atoms with van der Waals surface area (Å²) in [5.41, 5.74) is 2.43. The van der Waals surface area contributed by atoms with Crippen molar-refractivity contribution in [3.8, 4) is 0 Å². The first kappa shape index (κ1) is 25.5. The zero-order chi connectivity index (χ0) is 24.6. The van der Waals surface area contributed by atoms with Gasteiger partial charge in [0.25, 0.3) is 0 Å². The molecule has 10 atom stereocenters. The lowest BCUT2D eigenvalue weighted by atomic mass is 9.34. The Kier molecular flexibility index (Phi) is 6.33. The Balaban J connectivity index is 1.71. The fraction of sp³-hybridized carbons (Fsp3) is 0.867. The van der Waals surface area contributed by atoms with Crippen molar-refractivity contribution < 1.29 is 15.3 Å². The average molecular weight is 459 g/mol. The summed E-state index contributed by atoms with van der Waals surface area (Å²) in [5.74, 6) is 1.13. The van der Waals surface area contributed by atoms with Crippen LogP contribution < -0.4 is 0 Å². The summed E-state index contributed by atoms with van der Waals surface area (Å²) in [6.07, 6.45) is 10.2. The van der Waals surface area contributed by atoms with E-state index in [4.69, 9.17) is 0 Å². The van der Waals surface area contributed by atoms with Crippen molar-refractivity contribution in [1.82, 2.24) is 0 Å². The predicted molar refractivity (Wildman–Crippen MR) is 136 cm³/mol. The van der Waals surface area contributed by atoms with E-state index in [2.05, 4.69) is 67.5 Å². The standard InChI is InChI=1S/C30H50O3/c1-18(2)10-9-11-19(3)20-12-15-29(7)25(20)21(31)16-23-28(6)14-13-24(33)27(4,5)26(28)22(32)17-30(23,29)8/h10-11,20-26,31-33H,9,12-17H2,1-8H3/b19-11+. The van der Waals surface area contributed by atoms with Gasteiger partial charge >= 0.3 is 0 Å². The van der Waals surface area contributed by atoms with E-state index in [-0.39, 0.29) is 45.7 Å². The molecule has 3 N–H and O–H groups in total. The summed E-state index contributed by atoms with van der Waals surface area (Å²) < 4.78 is 0. The lowest BCUT2D eigenvalue weighted by Gasteiger charge is -2.71. The number of fused-ring (bicyclic) bond motifs is 5. The fourth-order valence-corrected chi connectivity index (χ4v) is 10.1. The molecule has 4 saturated carbocycles. The van der Waals surface area contributed by atoms with E-state index in [1.54, 1.807) is 0 Å². The SMILES string of the molecule is CC(C)=CC/C=C(\C)C1CCC2(C)C1C(O)CC1C3(C)CCC(O)C(C)(C)C3C(O)CC12C. The van der Waals surface area contributed by atoms with Crippen LogP contribution in [-0.4, -0.2) is 33.6 Å². The second kappa shape index (κ2) is 8.20. The van der Waals surface area contributed by atoms with Gasteiger partial charge in [-0.1, -0.05) is 57.9 Å². The molecule has 10 unspecified atom stereocenters. The van der Waals surface area contributed by atoms with E-state index in [0.717, 1.165) is 44.9 Å². The lowest BCUT2D eigenvalue weighted by molar-refractivity contribution is -0.270. The quantitative estimate of drug-likeness (QED) is 0.436. The normalized spacial score (nSPS) is 51.4. The Bertz CT molecular complexity index is 822. The van der Waals surface area contributed by atoms with E-state index in [0.29, 0.717) is 11.8 Å². The molecule has 0 aromatic heterocycles. The molecule has 188 valence electrons. The van der Waals surface area contributed by atoms with Crippen LogP contribution in [0.3, 0.4) is 0 Å². The Morgan fingerprint density at radius 2 is 1.52 bits per heavy atom. The zero-order valence-corrected chi connectivity index (χ0v) is 22.5. The van der Waals surface area contributed by atoms with Crippen molar-refractivity contribution in [2.24, 2.45) is 45.3 Å². The van der Waals surface area contributed by atoms with Gasteiger partial charge in [0.05, 0.1) is 18.3 Å². The summed E-state index contributed by atoms with van der Waals surface area (Å²) in [6, 6.07) is 0. The Morgan fingerprint density at radius 1 is 0.848 bits per heavy atom. The highest BCUT2D eigenvalue weighted by Crippen LogP contribution is 2.75. The van der Waals surface area contributed by atoms with Crippen LogP contribution in [0, 0.1) is 45.3 Å². The number of aliphatic hydroxyl groups is 3. The van der Waals surface area contributed by atoms with Crippen molar-refractivity contribution in [3.05, 3.63) is 23.3 Å². The molecule has 0 bridgehead atoms. The number of hydrogen-bond donors (Lipinski definition) is 3. The number of hydrogen-bond acceptors (Lipinski definition) is 3. The molecule has 3 nitrogen and oxygen atoms in total. The maximum absolute atomic E-state index is 11.7. The summed E-state index contributed by atoms with van der Waals surface area (Å²) in [7, 11) is 0. The maximum Gasteiger partial charge on any atom is 0.0595 e. The fourth-order valence-electron chi connectivity index (χ4n) is 10.1. The van der Waals surface area contributed by atoms with Gasteiger partial charge in [0, 0.05) is 0 Å². The van der Waals surface area contributed by atoms with E-state index >= 15 is 0 Å². The largest absolute Gasteiger partial charge is 0.393 e. The van der Waals surface area contributed by atoms with E-state index in [9.17, 15) is 15.3 Å². The summed E-state index contributed by atoms with van der Waals surface area (Å²) in [4.78, 5) is 0. The van der Waals surface area contributed by atoms with Crippen molar-refractivity contribution in [2.45, 2.75) is 119 Å². The van der Waals surface area contributed by atoms with Gasteiger partial charge in [-0.15, -0.1) is 0 Å². The minimum atomic E-state index is -0.401. The minimum Gasteiger partial charge on any atom is -0.393 e. The Labute approximate surface area is 202 Å². The highest BCUT2D eigenvalue weighted by atomic mass is 16.3. The molecule has 0 aliphatic heterocycles. The molecule has 0 radical (unpaired) electrons. The van der Waals surface area contributed by atoms with Crippen LogP contribution in [0.1, 0.15) is 100 Å². The summed E-state index contributed by atoms with van der Waals surface area (Å²) in [5, 5.41) is 34.3. The van der Waals surface area contributed by atoms with Gasteiger partial charge in [0.15, 0.2) is 0 Å². The van der Waals surface area contributed by atoms with Gasteiger partial charge in [-0.25, -0.2) is 0 Å². The Morgan fingerprint density at radius 3 is 2.15 bits per heavy atom. The molecule has 0 aromatic rings. The number of rotatable bonds is 3. The molecule has 0 heterocycles. The summed E-state index contributed by atoms with van der Waals surface area (Å²) in [6.45, 7) is 18.1. The molecule has 4 fully saturated rings. The van der Waals surface area contributed by atoms with E-state index < -0.39 is 6.10 Å². The molecular formula is C30H50O3. The third kappa shape index (κ3) is 3.54. The summed E-state index contributed by atoms with van der Waals surface area (Å²) >= 11 is 0. The molecule has 3 heteroatoms. The first-order valence-corrected chi connectivity index (χ1v) is 13.5. The zero-order valence-electron chi connectivity index (χ0n) is 22.5. The van der Waals surface area contributed by atoms with E-state index in [1.165, 1.54) is 11.1 Å². The molecule has 4 aliphatic rings. The van der Waals surface area contributed by atoms with Gasteiger partial charge < -0.3 is 15.3 Å². The third-order valence-electron chi connectivity index (χ3n) is 11.8. The van der Waals surface area contributed by atoms with Crippen LogP contribution in [0.15, 0.2) is 23.3 Å². The Hall–Kier alpha value is -0.640. The van der Waals surface area contributed by atoms with Crippen LogP contribution in [0.4, 0.5) is 0 Å². The van der Waals surface area contributed by atoms with Crippen LogP contribution in [0.2, 0.25) is 0 Å². The monoisotopic (exact) mass is 458 g/mol. The lowest BCUT2D eigenvalue weighted by Crippen LogP contribution is -2.69. The van der Waals surface area contributed by atoms with Gasteiger partial charge in [-0.3, -0.25) is 0 Å². The van der Waals surface area contributed by atoms with Crippen molar-refractivity contribution in [2.75, 3.05) is 0 Å². The van der Waals surface area contributed by atoms with Crippen LogP contribution in [0.5, 0.6) is 0 Å². The first-order chi connectivity index (χ1) is 15.2. The molecule has 33 heavy (non-hydrogen) atoms.